The van der Waals surface area contributed by atoms with Crippen molar-refractivity contribution in [1.29, 1.82) is 0 Å². The van der Waals surface area contributed by atoms with E-state index in [4.69, 9.17) is 5.11 Å². The average Bonchev–Trinajstić information content (AvgIpc) is 3.14. The highest BCUT2D eigenvalue weighted by molar-refractivity contribution is 7.18. The molecule has 116 valence electrons. The van der Waals surface area contributed by atoms with E-state index in [0.29, 0.717) is 21.2 Å². The van der Waals surface area contributed by atoms with Crippen LogP contribution in [-0.2, 0) is 19.4 Å². The molecule has 2 aromatic rings. The number of thiazole rings is 1. The van der Waals surface area contributed by atoms with E-state index < -0.39 is 11.9 Å². The summed E-state index contributed by atoms with van der Waals surface area (Å²) in [5.41, 5.74) is 1.91. The topological polar surface area (TPSA) is 91.9 Å². The minimum Gasteiger partial charge on any atom is -0.477 e. The molecule has 2 N–H and O–H groups in total. The number of rotatable bonds is 4. The monoisotopic (exact) mass is 338 g/mol. The van der Waals surface area contributed by atoms with Gasteiger partial charge in [-0.2, -0.15) is 0 Å². The van der Waals surface area contributed by atoms with E-state index in [2.05, 4.69) is 4.99 Å². The molecule has 3 rings (SSSR count). The first-order valence-corrected chi connectivity index (χ1v) is 8.50. The Balaban J connectivity index is 2.15. The molecule has 1 aliphatic rings. The number of aromatic nitrogens is 1. The van der Waals surface area contributed by atoms with Crippen LogP contribution in [0, 0.1) is 0 Å². The molecule has 0 spiro atoms. The molecule has 8 heteroatoms. The van der Waals surface area contributed by atoms with Crippen molar-refractivity contribution in [2.24, 2.45) is 4.99 Å². The molecule has 6 nitrogen and oxygen atoms in total. The highest BCUT2D eigenvalue weighted by Crippen LogP contribution is 2.40. The Bertz CT molecular complexity index is 829. The van der Waals surface area contributed by atoms with E-state index in [-0.39, 0.29) is 4.88 Å². The van der Waals surface area contributed by atoms with Gasteiger partial charge in [-0.05, 0) is 37.3 Å². The molecular weight excluding hydrogens is 324 g/mol. The van der Waals surface area contributed by atoms with Crippen LogP contribution in [0.4, 0.5) is 5.00 Å². The lowest BCUT2D eigenvalue weighted by Gasteiger charge is -1.96. The van der Waals surface area contributed by atoms with E-state index in [1.54, 1.807) is 10.8 Å². The van der Waals surface area contributed by atoms with Gasteiger partial charge in [0.1, 0.15) is 14.8 Å². The molecule has 0 bridgehead atoms. The Hall–Kier alpha value is -1.93. The van der Waals surface area contributed by atoms with Crippen LogP contribution in [0.15, 0.2) is 11.2 Å². The molecule has 0 aliphatic heterocycles. The highest BCUT2D eigenvalue weighted by Gasteiger charge is 2.25. The smallest absolute Gasteiger partial charge is 0.347 e. The number of fused-ring (bicyclic) bond motifs is 1. The molecule has 22 heavy (non-hydrogen) atoms. The molecule has 0 radical (unpaired) electrons. The number of aryl methyl sites for hydroxylation is 1. The molecule has 0 saturated carbocycles. The molecular formula is C14H14N2O4S2. The Morgan fingerprint density at radius 1 is 1.23 bits per heavy atom. The third-order valence-corrected chi connectivity index (χ3v) is 5.78. The minimum atomic E-state index is -0.976. The van der Waals surface area contributed by atoms with Crippen molar-refractivity contribution >= 4 is 39.6 Å². The van der Waals surface area contributed by atoms with Crippen molar-refractivity contribution in [1.82, 2.24) is 4.57 Å². The van der Waals surface area contributed by atoms with Crippen molar-refractivity contribution in [3.8, 4) is 0 Å². The first-order chi connectivity index (χ1) is 10.5. The van der Waals surface area contributed by atoms with Crippen LogP contribution >= 0.6 is 22.7 Å². The van der Waals surface area contributed by atoms with Crippen LogP contribution in [0.25, 0.3) is 0 Å². The normalized spacial score (nSPS) is 14.3. The second-order valence-corrected chi connectivity index (χ2v) is 6.94. The Morgan fingerprint density at radius 3 is 2.59 bits per heavy atom. The Kier molecular flexibility index (Phi) is 3.88. The fraction of sp³-hybridized carbons (Fsp3) is 0.357. The van der Waals surface area contributed by atoms with Crippen LogP contribution in [-0.4, -0.2) is 26.7 Å². The lowest BCUT2D eigenvalue weighted by atomic mass is 10.2. The maximum atomic E-state index is 11.3. The molecule has 0 aromatic carbocycles. The molecule has 0 saturated heterocycles. The Morgan fingerprint density at radius 2 is 1.95 bits per heavy atom. The zero-order valence-electron chi connectivity index (χ0n) is 11.8. The van der Waals surface area contributed by atoms with Crippen LogP contribution in [0.1, 0.15) is 43.8 Å². The molecule has 0 atom stereocenters. The van der Waals surface area contributed by atoms with Gasteiger partial charge in [-0.3, -0.25) is 0 Å². The molecule has 0 fully saturated rings. The zero-order valence-corrected chi connectivity index (χ0v) is 13.5. The second kappa shape index (κ2) is 5.69. The maximum Gasteiger partial charge on any atom is 0.347 e. The van der Waals surface area contributed by atoms with Crippen molar-refractivity contribution < 1.29 is 19.8 Å². The Labute approximate surface area is 134 Å². The van der Waals surface area contributed by atoms with Crippen LogP contribution in [0.5, 0.6) is 0 Å². The van der Waals surface area contributed by atoms with Gasteiger partial charge in [0.15, 0.2) is 4.80 Å². The van der Waals surface area contributed by atoms with Gasteiger partial charge in [0.25, 0.3) is 0 Å². The fourth-order valence-electron chi connectivity index (χ4n) is 2.59. The van der Waals surface area contributed by atoms with E-state index in [0.717, 1.165) is 41.7 Å². The summed E-state index contributed by atoms with van der Waals surface area (Å²) in [5, 5.41) is 19.1. The molecule has 1 aliphatic carbocycles. The van der Waals surface area contributed by atoms with Gasteiger partial charge in [0.05, 0.1) is 0 Å². The summed E-state index contributed by atoms with van der Waals surface area (Å²) in [6.07, 6.45) is 4.13. The van der Waals surface area contributed by atoms with Gasteiger partial charge in [-0.1, -0.05) is 11.3 Å². The largest absolute Gasteiger partial charge is 0.477 e. The van der Waals surface area contributed by atoms with Crippen LogP contribution in [0.2, 0.25) is 0 Å². The number of carbonyl (C=O) groups is 2. The highest BCUT2D eigenvalue weighted by atomic mass is 32.1. The predicted octanol–water partition coefficient (Wildman–Crippen LogP) is 2.75. The van der Waals surface area contributed by atoms with Gasteiger partial charge in [-0.15, -0.1) is 11.3 Å². The number of carboxylic acids is 2. The first kappa shape index (κ1) is 15.0. The average molecular weight is 338 g/mol. The van der Waals surface area contributed by atoms with Gasteiger partial charge < -0.3 is 14.8 Å². The van der Waals surface area contributed by atoms with E-state index in [1.165, 1.54) is 11.3 Å². The summed E-state index contributed by atoms with van der Waals surface area (Å²) in [6.45, 7) is 2.53. The number of aromatic carboxylic acids is 2. The number of hydrogen-bond donors (Lipinski definition) is 2. The van der Waals surface area contributed by atoms with Gasteiger partial charge in [0, 0.05) is 12.7 Å². The standard InChI is InChI=1S/C14H14N2O4S2/c1-2-16-6-9(12(17)18)21-14(16)15-11-8-5-3-4-7(8)10(22-11)13(19)20/h6H,2-5H2,1H3,(H,17,18)(H,19,20)/b15-14-. The summed E-state index contributed by atoms with van der Waals surface area (Å²) >= 11 is 2.29. The lowest BCUT2D eigenvalue weighted by Crippen LogP contribution is -2.11. The SMILES string of the molecule is CCn1cc(C(=O)O)s/c1=N\c1sc(C(=O)O)c2c1CCC2. The van der Waals surface area contributed by atoms with Crippen molar-refractivity contribution in [3.05, 3.63) is 31.9 Å². The predicted molar refractivity (Wildman–Crippen MR) is 83.5 cm³/mol. The van der Waals surface area contributed by atoms with Crippen molar-refractivity contribution in [2.75, 3.05) is 0 Å². The third kappa shape index (κ3) is 2.48. The molecule has 0 amide bonds. The third-order valence-electron chi connectivity index (χ3n) is 3.61. The summed E-state index contributed by atoms with van der Waals surface area (Å²) in [4.78, 5) is 28.2. The van der Waals surface area contributed by atoms with E-state index in [9.17, 15) is 14.7 Å². The summed E-state index contributed by atoms with van der Waals surface area (Å²) < 4.78 is 1.77. The molecule has 2 heterocycles. The number of nitrogens with zero attached hydrogens (tertiary/aromatic N) is 2. The number of carboxylic acid groups (broad SMARTS) is 2. The van der Waals surface area contributed by atoms with Crippen LogP contribution in [0.3, 0.4) is 0 Å². The summed E-state index contributed by atoms with van der Waals surface area (Å²) in [6, 6.07) is 0. The first-order valence-electron chi connectivity index (χ1n) is 6.87. The van der Waals surface area contributed by atoms with Crippen molar-refractivity contribution in [2.45, 2.75) is 32.7 Å². The molecule has 0 unspecified atom stereocenters. The van der Waals surface area contributed by atoms with Crippen molar-refractivity contribution in [3.63, 3.8) is 0 Å². The quantitative estimate of drug-likeness (QED) is 0.896. The van der Waals surface area contributed by atoms with Crippen LogP contribution < -0.4 is 4.80 Å². The van der Waals surface area contributed by atoms with Gasteiger partial charge in [0.2, 0.25) is 0 Å². The maximum absolute atomic E-state index is 11.3. The van der Waals surface area contributed by atoms with Gasteiger partial charge in [-0.25, -0.2) is 14.6 Å². The lowest BCUT2D eigenvalue weighted by molar-refractivity contribution is 0.0690. The zero-order chi connectivity index (χ0) is 15.9. The fourth-order valence-corrected chi connectivity index (χ4v) is 4.66. The minimum absolute atomic E-state index is 0.229. The number of thiophene rings is 1. The van der Waals surface area contributed by atoms with E-state index in [1.807, 2.05) is 6.92 Å². The van der Waals surface area contributed by atoms with Gasteiger partial charge >= 0.3 is 11.9 Å². The second-order valence-electron chi connectivity index (χ2n) is 4.93. The van der Waals surface area contributed by atoms with E-state index >= 15 is 0 Å². The summed E-state index contributed by atoms with van der Waals surface area (Å²) in [7, 11) is 0. The number of hydrogen-bond acceptors (Lipinski definition) is 5. The summed E-state index contributed by atoms with van der Waals surface area (Å²) in [5.74, 6) is -1.89. The molecule has 2 aromatic heterocycles.